The van der Waals surface area contributed by atoms with Crippen LogP contribution >= 0.6 is 27.3 Å². The molecule has 0 atom stereocenters. The highest BCUT2D eigenvalue weighted by Gasteiger charge is 2.17. The zero-order chi connectivity index (χ0) is 12.4. The molecule has 2 rings (SSSR count). The van der Waals surface area contributed by atoms with Crippen LogP contribution in [0, 0.1) is 0 Å². The van der Waals surface area contributed by atoms with Gasteiger partial charge in [-0.15, -0.1) is 16.4 Å². The van der Waals surface area contributed by atoms with Crippen LogP contribution in [0.3, 0.4) is 0 Å². The third-order valence-electron chi connectivity index (χ3n) is 2.17. The number of hydrogen-bond donors (Lipinski definition) is 2. The Bertz CT molecular complexity index is 551. The third kappa shape index (κ3) is 2.54. The molecule has 90 valence electrons. The first-order valence-corrected chi connectivity index (χ1v) is 6.32. The second-order valence-electron chi connectivity index (χ2n) is 3.26. The standard InChI is InChI=1S/C9H9BrN4O2S/c10-7-2-1-5(17-7)4-14-6(3-11)8(9(15)16)12-13-14/h1-2H,3-4,11H2,(H,15,16). The topological polar surface area (TPSA) is 94.0 Å². The first kappa shape index (κ1) is 12.2. The van der Waals surface area contributed by atoms with Crippen molar-refractivity contribution in [1.82, 2.24) is 15.0 Å². The number of carboxylic acids is 1. The zero-order valence-electron chi connectivity index (χ0n) is 8.63. The Hall–Kier alpha value is -1.25. The lowest BCUT2D eigenvalue weighted by molar-refractivity contribution is 0.0689. The van der Waals surface area contributed by atoms with Gasteiger partial charge in [0, 0.05) is 11.4 Å². The van der Waals surface area contributed by atoms with Gasteiger partial charge in [0.25, 0.3) is 0 Å². The summed E-state index contributed by atoms with van der Waals surface area (Å²) >= 11 is 4.92. The highest BCUT2D eigenvalue weighted by molar-refractivity contribution is 9.11. The number of carboxylic acid groups (broad SMARTS) is 1. The number of halogens is 1. The van der Waals surface area contributed by atoms with Gasteiger partial charge in [0.1, 0.15) is 0 Å². The second kappa shape index (κ2) is 4.94. The van der Waals surface area contributed by atoms with Crippen molar-refractivity contribution < 1.29 is 9.90 Å². The van der Waals surface area contributed by atoms with E-state index in [1.165, 1.54) is 4.68 Å². The van der Waals surface area contributed by atoms with Gasteiger partial charge in [-0.2, -0.15) is 0 Å². The molecule has 8 heteroatoms. The molecule has 0 aromatic carbocycles. The van der Waals surface area contributed by atoms with Crippen LogP contribution in [-0.4, -0.2) is 26.1 Å². The van der Waals surface area contributed by atoms with E-state index < -0.39 is 5.97 Å². The van der Waals surface area contributed by atoms with Crippen LogP contribution in [-0.2, 0) is 13.1 Å². The summed E-state index contributed by atoms with van der Waals surface area (Å²) in [5.74, 6) is -1.11. The maximum atomic E-state index is 10.9. The van der Waals surface area contributed by atoms with Gasteiger partial charge in [0.15, 0.2) is 5.69 Å². The minimum absolute atomic E-state index is 0.0804. The monoisotopic (exact) mass is 316 g/mol. The normalized spacial score (nSPS) is 10.7. The fourth-order valence-electron chi connectivity index (χ4n) is 1.41. The van der Waals surface area contributed by atoms with Crippen molar-refractivity contribution in [2.75, 3.05) is 0 Å². The van der Waals surface area contributed by atoms with Gasteiger partial charge in [0.05, 0.1) is 16.0 Å². The van der Waals surface area contributed by atoms with Crippen LogP contribution in [0.5, 0.6) is 0 Å². The number of rotatable bonds is 4. The molecule has 2 heterocycles. The van der Waals surface area contributed by atoms with Crippen molar-refractivity contribution in [3.05, 3.63) is 32.2 Å². The average molecular weight is 317 g/mol. The molecule has 0 radical (unpaired) electrons. The lowest BCUT2D eigenvalue weighted by atomic mass is 10.3. The van der Waals surface area contributed by atoms with Gasteiger partial charge in [0.2, 0.25) is 0 Å². The number of hydrogen-bond acceptors (Lipinski definition) is 5. The van der Waals surface area contributed by atoms with E-state index in [4.69, 9.17) is 10.8 Å². The van der Waals surface area contributed by atoms with Crippen LogP contribution in [0.25, 0.3) is 0 Å². The lowest BCUT2D eigenvalue weighted by Gasteiger charge is -2.02. The Labute approximate surface area is 109 Å². The Morgan fingerprint density at radius 1 is 1.59 bits per heavy atom. The van der Waals surface area contributed by atoms with Crippen molar-refractivity contribution in [1.29, 1.82) is 0 Å². The van der Waals surface area contributed by atoms with Gasteiger partial charge in [-0.05, 0) is 28.1 Å². The van der Waals surface area contributed by atoms with Crippen molar-refractivity contribution in [3.63, 3.8) is 0 Å². The number of aromatic carboxylic acids is 1. The molecule has 6 nitrogen and oxygen atoms in total. The summed E-state index contributed by atoms with van der Waals surface area (Å²) in [6.45, 7) is 0.574. The molecule has 0 fully saturated rings. The molecule has 0 aliphatic rings. The maximum Gasteiger partial charge on any atom is 0.358 e. The van der Waals surface area contributed by atoms with Crippen molar-refractivity contribution in [2.24, 2.45) is 5.73 Å². The second-order valence-corrected chi connectivity index (χ2v) is 5.81. The van der Waals surface area contributed by atoms with Crippen LogP contribution in [0.1, 0.15) is 21.1 Å². The summed E-state index contributed by atoms with van der Waals surface area (Å²) in [4.78, 5) is 11.9. The van der Waals surface area contributed by atoms with Crippen LogP contribution in [0.4, 0.5) is 0 Å². The fraction of sp³-hybridized carbons (Fsp3) is 0.222. The van der Waals surface area contributed by atoms with Crippen LogP contribution in [0.2, 0.25) is 0 Å². The summed E-state index contributed by atoms with van der Waals surface area (Å²) in [5, 5.41) is 16.3. The zero-order valence-corrected chi connectivity index (χ0v) is 11.0. The molecule has 2 aromatic rings. The fourth-order valence-corrected chi connectivity index (χ4v) is 2.88. The van der Waals surface area contributed by atoms with Crippen LogP contribution < -0.4 is 5.73 Å². The molecule has 3 N–H and O–H groups in total. The SMILES string of the molecule is NCc1c(C(=O)O)nnn1Cc1ccc(Br)s1. The highest BCUT2D eigenvalue weighted by atomic mass is 79.9. The molecule has 0 spiro atoms. The van der Waals surface area contributed by atoms with Gasteiger partial charge in [-0.25, -0.2) is 9.48 Å². The molecular weight excluding hydrogens is 308 g/mol. The molecule has 0 bridgehead atoms. The lowest BCUT2D eigenvalue weighted by Crippen LogP contribution is -2.12. The molecule has 17 heavy (non-hydrogen) atoms. The number of nitrogens with zero attached hydrogens (tertiary/aromatic N) is 3. The quantitative estimate of drug-likeness (QED) is 0.886. The minimum atomic E-state index is -1.11. The largest absolute Gasteiger partial charge is 0.476 e. The summed E-state index contributed by atoms with van der Waals surface area (Å²) in [6, 6.07) is 3.87. The van der Waals surface area contributed by atoms with E-state index in [0.29, 0.717) is 12.2 Å². The average Bonchev–Trinajstić information content (AvgIpc) is 2.85. The van der Waals surface area contributed by atoms with Crippen molar-refractivity contribution in [3.8, 4) is 0 Å². The number of nitrogens with two attached hydrogens (primary N) is 1. The number of carbonyl (C=O) groups is 1. The first-order chi connectivity index (χ1) is 8.11. The molecule has 0 aliphatic carbocycles. The van der Waals surface area contributed by atoms with Gasteiger partial charge >= 0.3 is 5.97 Å². The molecule has 0 saturated carbocycles. The number of aromatic nitrogens is 3. The summed E-state index contributed by atoms with van der Waals surface area (Å²) < 4.78 is 2.53. The van der Waals surface area contributed by atoms with E-state index in [1.807, 2.05) is 12.1 Å². The maximum absolute atomic E-state index is 10.9. The van der Waals surface area contributed by atoms with E-state index in [1.54, 1.807) is 11.3 Å². The Balaban J connectivity index is 2.30. The number of thiophene rings is 1. The van der Waals surface area contributed by atoms with E-state index in [-0.39, 0.29) is 12.2 Å². The van der Waals surface area contributed by atoms with E-state index in [0.717, 1.165) is 8.66 Å². The molecule has 0 unspecified atom stereocenters. The summed E-state index contributed by atoms with van der Waals surface area (Å²) in [6.07, 6.45) is 0. The van der Waals surface area contributed by atoms with Gasteiger partial charge in [-0.1, -0.05) is 5.21 Å². The van der Waals surface area contributed by atoms with E-state index >= 15 is 0 Å². The van der Waals surface area contributed by atoms with E-state index in [9.17, 15) is 4.79 Å². The highest BCUT2D eigenvalue weighted by Crippen LogP contribution is 2.23. The smallest absolute Gasteiger partial charge is 0.358 e. The Kier molecular flexibility index (Phi) is 3.55. The van der Waals surface area contributed by atoms with Crippen molar-refractivity contribution in [2.45, 2.75) is 13.1 Å². The van der Waals surface area contributed by atoms with Crippen molar-refractivity contribution >= 4 is 33.2 Å². The Morgan fingerprint density at radius 2 is 2.35 bits per heavy atom. The Morgan fingerprint density at radius 3 is 2.88 bits per heavy atom. The van der Waals surface area contributed by atoms with E-state index in [2.05, 4.69) is 26.2 Å². The van der Waals surface area contributed by atoms with Gasteiger partial charge in [-0.3, -0.25) is 0 Å². The predicted octanol–water partition coefficient (Wildman–Crippen LogP) is 1.31. The summed E-state index contributed by atoms with van der Waals surface area (Å²) in [5.41, 5.74) is 5.87. The first-order valence-electron chi connectivity index (χ1n) is 4.71. The molecule has 0 aliphatic heterocycles. The molecule has 0 saturated heterocycles. The minimum Gasteiger partial charge on any atom is -0.476 e. The third-order valence-corrected chi connectivity index (χ3v) is 3.78. The van der Waals surface area contributed by atoms with Crippen LogP contribution in [0.15, 0.2) is 15.9 Å². The predicted molar refractivity (Wildman–Crippen MR) is 66.0 cm³/mol. The van der Waals surface area contributed by atoms with Gasteiger partial charge < -0.3 is 10.8 Å². The molecule has 2 aromatic heterocycles. The molecule has 0 amide bonds. The molecular formula is C9H9BrN4O2S. The summed E-state index contributed by atoms with van der Waals surface area (Å²) in [7, 11) is 0.